The van der Waals surface area contributed by atoms with Gasteiger partial charge in [-0.05, 0) is 51.0 Å². The lowest BCUT2D eigenvalue weighted by atomic mass is 10.1. The molecule has 0 unspecified atom stereocenters. The second-order valence-corrected chi connectivity index (χ2v) is 6.74. The molecule has 4 nitrogen and oxygen atoms in total. The van der Waals surface area contributed by atoms with Gasteiger partial charge in [0.15, 0.2) is 0 Å². The Morgan fingerprint density at radius 2 is 1.95 bits per heavy atom. The summed E-state index contributed by atoms with van der Waals surface area (Å²) in [6.45, 7) is 6.06. The van der Waals surface area contributed by atoms with Gasteiger partial charge in [0.2, 0.25) is 0 Å². The van der Waals surface area contributed by atoms with E-state index < -0.39 is 0 Å². The number of aliphatic hydroxyl groups excluding tert-OH is 1. The Morgan fingerprint density at radius 3 is 2.55 bits per heavy atom. The van der Waals surface area contributed by atoms with E-state index in [0.717, 1.165) is 48.0 Å². The molecule has 1 aliphatic carbocycles. The highest BCUT2D eigenvalue weighted by Crippen LogP contribution is 2.44. The predicted octanol–water partition coefficient (Wildman–Crippen LogP) is 3.00. The normalized spacial score (nSPS) is 16.0. The van der Waals surface area contributed by atoms with Crippen LogP contribution in [-0.4, -0.2) is 28.0 Å². The first-order valence-corrected chi connectivity index (χ1v) is 8.05. The second-order valence-electron chi connectivity index (χ2n) is 6.30. The molecule has 1 fully saturated rings. The fraction of sp³-hybridized carbons (Fsp3) is 0.471. The maximum absolute atomic E-state index is 9.37. The van der Waals surface area contributed by atoms with E-state index in [-0.39, 0.29) is 12.0 Å². The minimum atomic E-state index is 0.133. The maximum atomic E-state index is 9.37. The van der Waals surface area contributed by atoms with Crippen molar-refractivity contribution >= 4 is 11.6 Å². The average Bonchev–Trinajstić information content (AvgIpc) is 3.24. The fourth-order valence-corrected chi connectivity index (χ4v) is 2.91. The summed E-state index contributed by atoms with van der Waals surface area (Å²) in [5.74, 6) is 0. The minimum Gasteiger partial charge on any atom is -0.396 e. The van der Waals surface area contributed by atoms with Gasteiger partial charge >= 0.3 is 0 Å². The lowest BCUT2D eigenvalue weighted by Gasteiger charge is -2.13. The maximum Gasteiger partial charge on any atom is 0.0649 e. The Morgan fingerprint density at radius 1 is 1.27 bits per heavy atom. The van der Waals surface area contributed by atoms with E-state index in [1.807, 2.05) is 35.9 Å². The SMILES string of the molecule is Cc1nn(-c2ccc(Cl)cc2)c(C)c1CNCC1(CO)CC1. The minimum absolute atomic E-state index is 0.133. The molecule has 2 N–H and O–H groups in total. The molecule has 1 aromatic carbocycles. The average molecular weight is 320 g/mol. The van der Waals surface area contributed by atoms with Gasteiger partial charge in [-0.3, -0.25) is 0 Å². The zero-order valence-corrected chi connectivity index (χ0v) is 13.8. The van der Waals surface area contributed by atoms with E-state index in [2.05, 4.69) is 17.3 Å². The summed E-state index contributed by atoms with van der Waals surface area (Å²) >= 11 is 5.95. The lowest BCUT2D eigenvalue weighted by molar-refractivity contribution is 0.207. The highest BCUT2D eigenvalue weighted by molar-refractivity contribution is 6.30. The smallest absolute Gasteiger partial charge is 0.0649 e. The molecule has 5 heteroatoms. The van der Waals surface area contributed by atoms with Crippen molar-refractivity contribution in [3.05, 3.63) is 46.2 Å². The van der Waals surface area contributed by atoms with E-state index in [9.17, 15) is 5.11 Å². The Bertz CT molecular complexity index is 659. The highest BCUT2D eigenvalue weighted by atomic mass is 35.5. The van der Waals surface area contributed by atoms with Gasteiger partial charge in [-0.15, -0.1) is 0 Å². The monoisotopic (exact) mass is 319 g/mol. The van der Waals surface area contributed by atoms with Crippen LogP contribution in [0, 0.1) is 19.3 Å². The topological polar surface area (TPSA) is 50.1 Å². The van der Waals surface area contributed by atoms with Gasteiger partial charge in [-0.25, -0.2) is 4.68 Å². The molecule has 0 spiro atoms. The Kier molecular flexibility index (Phi) is 4.26. The highest BCUT2D eigenvalue weighted by Gasteiger charge is 2.41. The fourth-order valence-electron chi connectivity index (χ4n) is 2.78. The van der Waals surface area contributed by atoms with Crippen LogP contribution in [-0.2, 0) is 6.54 Å². The summed E-state index contributed by atoms with van der Waals surface area (Å²) in [5.41, 5.74) is 4.55. The van der Waals surface area contributed by atoms with Gasteiger partial charge in [0, 0.05) is 41.4 Å². The second kappa shape index (κ2) is 6.03. The predicted molar refractivity (Wildman–Crippen MR) is 88.5 cm³/mol. The summed E-state index contributed by atoms with van der Waals surface area (Å²) in [6.07, 6.45) is 2.25. The van der Waals surface area contributed by atoms with Crippen molar-refractivity contribution < 1.29 is 5.11 Å². The van der Waals surface area contributed by atoms with E-state index in [0.29, 0.717) is 0 Å². The molecule has 0 amide bonds. The molecule has 0 saturated heterocycles. The third kappa shape index (κ3) is 3.05. The molecule has 1 aliphatic rings. The molecule has 1 heterocycles. The van der Waals surface area contributed by atoms with E-state index in [4.69, 9.17) is 11.6 Å². The summed E-state index contributed by atoms with van der Waals surface area (Å²) in [4.78, 5) is 0. The van der Waals surface area contributed by atoms with Crippen molar-refractivity contribution in [2.24, 2.45) is 5.41 Å². The molecule has 0 atom stereocenters. The van der Waals surface area contributed by atoms with Crippen LogP contribution in [0.4, 0.5) is 0 Å². The molecule has 0 bridgehead atoms. The number of benzene rings is 1. The molecule has 3 rings (SSSR count). The van der Waals surface area contributed by atoms with Gasteiger partial charge < -0.3 is 10.4 Å². The van der Waals surface area contributed by atoms with E-state index >= 15 is 0 Å². The van der Waals surface area contributed by atoms with Crippen LogP contribution >= 0.6 is 11.6 Å². The number of nitrogens with one attached hydrogen (secondary N) is 1. The van der Waals surface area contributed by atoms with Crippen LogP contribution in [0.15, 0.2) is 24.3 Å². The first kappa shape index (κ1) is 15.5. The summed E-state index contributed by atoms with van der Waals surface area (Å²) in [6, 6.07) is 7.71. The quantitative estimate of drug-likeness (QED) is 0.860. The zero-order chi connectivity index (χ0) is 15.7. The van der Waals surface area contributed by atoms with Crippen molar-refractivity contribution in [1.29, 1.82) is 0 Å². The van der Waals surface area contributed by atoms with Crippen molar-refractivity contribution in [2.75, 3.05) is 13.2 Å². The van der Waals surface area contributed by atoms with Crippen molar-refractivity contribution in [2.45, 2.75) is 33.2 Å². The Labute approximate surface area is 136 Å². The summed E-state index contributed by atoms with van der Waals surface area (Å²) in [5, 5.41) is 18.2. The molecule has 2 aromatic rings. The molecule has 118 valence electrons. The summed E-state index contributed by atoms with van der Waals surface area (Å²) in [7, 11) is 0. The molecule has 1 saturated carbocycles. The molecular formula is C17H22ClN3O. The van der Waals surface area contributed by atoms with Crippen LogP contribution in [0.5, 0.6) is 0 Å². The van der Waals surface area contributed by atoms with Gasteiger partial charge in [0.05, 0.1) is 11.4 Å². The number of aromatic nitrogens is 2. The standard InChI is InChI=1S/C17H22ClN3O/c1-12-16(9-19-10-17(11-22)7-8-17)13(2)21(20-12)15-5-3-14(18)4-6-15/h3-6,19,22H,7-11H2,1-2H3. The van der Waals surface area contributed by atoms with Crippen LogP contribution in [0.2, 0.25) is 5.02 Å². The van der Waals surface area contributed by atoms with Crippen LogP contribution in [0.25, 0.3) is 5.69 Å². The third-order valence-corrected chi connectivity index (χ3v) is 4.86. The number of rotatable bonds is 6. The number of aliphatic hydroxyl groups is 1. The van der Waals surface area contributed by atoms with Gasteiger partial charge in [-0.1, -0.05) is 11.6 Å². The Balaban J connectivity index is 1.74. The van der Waals surface area contributed by atoms with Crippen molar-refractivity contribution in [1.82, 2.24) is 15.1 Å². The molecular weight excluding hydrogens is 298 g/mol. The molecule has 0 radical (unpaired) electrons. The van der Waals surface area contributed by atoms with Gasteiger partial charge in [0.25, 0.3) is 0 Å². The molecule has 22 heavy (non-hydrogen) atoms. The number of halogens is 1. The number of hydrogen-bond donors (Lipinski definition) is 2. The zero-order valence-electron chi connectivity index (χ0n) is 13.1. The largest absolute Gasteiger partial charge is 0.396 e. The van der Waals surface area contributed by atoms with Gasteiger partial charge in [0.1, 0.15) is 0 Å². The van der Waals surface area contributed by atoms with Crippen molar-refractivity contribution in [3.8, 4) is 5.69 Å². The third-order valence-electron chi connectivity index (χ3n) is 4.61. The molecule has 1 aromatic heterocycles. The number of hydrogen-bond acceptors (Lipinski definition) is 3. The summed E-state index contributed by atoms with van der Waals surface area (Å²) < 4.78 is 1.96. The van der Waals surface area contributed by atoms with Crippen LogP contribution in [0.1, 0.15) is 29.8 Å². The van der Waals surface area contributed by atoms with Crippen LogP contribution in [0.3, 0.4) is 0 Å². The molecule has 0 aliphatic heterocycles. The Hall–Kier alpha value is -1.36. The lowest BCUT2D eigenvalue weighted by Crippen LogP contribution is -2.26. The van der Waals surface area contributed by atoms with E-state index in [1.54, 1.807) is 0 Å². The van der Waals surface area contributed by atoms with Gasteiger partial charge in [-0.2, -0.15) is 5.10 Å². The van der Waals surface area contributed by atoms with Crippen LogP contribution < -0.4 is 5.32 Å². The number of aryl methyl sites for hydroxylation is 1. The van der Waals surface area contributed by atoms with E-state index in [1.165, 1.54) is 5.56 Å². The first-order valence-electron chi connectivity index (χ1n) is 7.67. The first-order chi connectivity index (χ1) is 10.5. The van der Waals surface area contributed by atoms with Crippen molar-refractivity contribution in [3.63, 3.8) is 0 Å². The number of nitrogens with zero attached hydrogens (tertiary/aromatic N) is 2.